The number of ether oxygens (including phenoxy) is 1. The first-order chi connectivity index (χ1) is 19.9. The van der Waals surface area contributed by atoms with Crippen molar-refractivity contribution in [2.24, 2.45) is 0 Å². The van der Waals surface area contributed by atoms with E-state index < -0.39 is 12.0 Å². The number of halogens is 1. The predicted octanol–water partition coefficient (Wildman–Crippen LogP) is 7.03. The molecule has 4 aromatic rings. The molecule has 0 aliphatic carbocycles. The number of anilines is 1. The van der Waals surface area contributed by atoms with Gasteiger partial charge in [-0.05, 0) is 77.9 Å². The number of carbonyl (C=O) groups excluding carboxylic acids is 2. The van der Waals surface area contributed by atoms with Crippen molar-refractivity contribution in [3.63, 3.8) is 0 Å². The van der Waals surface area contributed by atoms with E-state index in [1.807, 2.05) is 92.0 Å². The summed E-state index contributed by atoms with van der Waals surface area (Å²) in [7, 11) is 1.33. The molecule has 0 heterocycles. The Labute approximate surface area is 245 Å². The van der Waals surface area contributed by atoms with Crippen molar-refractivity contribution in [3.05, 3.63) is 125 Å². The SMILES string of the molecule is COC(=O)C(CCSC)NC(=O)c1ccc(CN(Cc2ccccc2F)c2ccccc2)cc1-c1ccccc1C. The van der Waals surface area contributed by atoms with Crippen LogP contribution in [0.2, 0.25) is 0 Å². The molecule has 0 fully saturated rings. The van der Waals surface area contributed by atoms with Gasteiger partial charge in [-0.25, -0.2) is 9.18 Å². The van der Waals surface area contributed by atoms with Crippen molar-refractivity contribution in [1.29, 1.82) is 0 Å². The maximum absolute atomic E-state index is 14.6. The van der Waals surface area contributed by atoms with Crippen LogP contribution in [-0.4, -0.2) is 37.0 Å². The summed E-state index contributed by atoms with van der Waals surface area (Å²) in [5, 5.41) is 2.89. The normalized spacial score (nSPS) is 11.5. The highest BCUT2D eigenvalue weighted by molar-refractivity contribution is 7.98. The lowest BCUT2D eigenvalue weighted by Crippen LogP contribution is -2.42. The molecule has 7 heteroatoms. The Hall–Kier alpha value is -4.10. The lowest BCUT2D eigenvalue weighted by molar-refractivity contribution is -0.142. The minimum absolute atomic E-state index is 0.248. The summed E-state index contributed by atoms with van der Waals surface area (Å²) in [5.41, 5.74) is 5.73. The van der Waals surface area contributed by atoms with Crippen LogP contribution in [0.25, 0.3) is 11.1 Å². The molecule has 1 amide bonds. The lowest BCUT2D eigenvalue weighted by Gasteiger charge is -2.26. The zero-order chi connectivity index (χ0) is 29.2. The van der Waals surface area contributed by atoms with Gasteiger partial charge in [-0.3, -0.25) is 4.79 Å². The minimum Gasteiger partial charge on any atom is -0.467 e. The first-order valence-corrected chi connectivity index (χ1v) is 14.9. The topological polar surface area (TPSA) is 58.6 Å². The van der Waals surface area contributed by atoms with Crippen LogP contribution in [0, 0.1) is 12.7 Å². The number of para-hydroxylation sites is 1. The van der Waals surface area contributed by atoms with E-state index in [4.69, 9.17) is 4.74 Å². The molecule has 0 radical (unpaired) electrons. The molecule has 0 bridgehead atoms. The largest absolute Gasteiger partial charge is 0.467 e. The summed E-state index contributed by atoms with van der Waals surface area (Å²) in [5.74, 6) is -0.339. The first kappa shape index (κ1) is 29.9. The number of carbonyl (C=O) groups is 2. The van der Waals surface area contributed by atoms with Crippen LogP contribution >= 0.6 is 11.8 Å². The van der Waals surface area contributed by atoms with Crippen molar-refractivity contribution >= 4 is 29.3 Å². The van der Waals surface area contributed by atoms with Gasteiger partial charge in [0, 0.05) is 29.9 Å². The van der Waals surface area contributed by atoms with E-state index in [9.17, 15) is 14.0 Å². The monoisotopic (exact) mass is 570 g/mol. The maximum Gasteiger partial charge on any atom is 0.328 e. The van der Waals surface area contributed by atoms with Gasteiger partial charge in [0.15, 0.2) is 0 Å². The number of rotatable bonds is 12. The molecule has 1 unspecified atom stereocenters. The average Bonchev–Trinajstić information content (AvgIpc) is 3.00. The molecule has 0 saturated carbocycles. The van der Waals surface area contributed by atoms with E-state index in [1.54, 1.807) is 23.9 Å². The fourth-order valence-electron chi connectivity index (χ4n) is 4.78. The van der Waals surface area contributed by atoms with Crippen molar-refractivity contribution < 1.29 is 18.7 Å². The molecule has 0 aliphatic heterocycles. The number of nitrogens with one attached hydrogen (secondary N) is 1. The fraction of sp³-hybridized carbons (Fsp3) is 0.235. The van der Waals surface area contributed by atoms with Crippen LogP contribution in [0.1, 0.15) is 33.5 Å². The van der Waals surface area contributed by atoms with E-state index in [0.717, 1.165) is 27.9 Å². The summed E-state index contributed by atoms with van der Waals surface area (Å²) in [6.45, 7) is 2.89. The maximum atomic E-state index is 14.6. The molecule has 1 N–H and O–H groups in total. The van der Waals surface area contributed by atoms with Crippen molar-refractivity contribution in [2.45, 2.75) is 32.5 Å². The molecular formula is C34H35FN2O3S. The molecule has 0 saturated heterocycles. The van der Waals surface area contributed by atoms with E-state index in [2.05, 4.69) is 10.2 Å². The third kappa shape index (κ3) is 7.76. The van der Waals surface area contributed by atoms with E-state index in [1.165, 1.54) is 13.2 Å². The van der Waals surface area contributed by atoms with Crippen molar-refractivity contribution in [3.8, 4) is 11.1 Å². The number of benzene rings is 4. The van der Waals surface area contributed by atoms with Gasteiger partial charge >= 0.3 is 5.97 Å². The quantitative estimate of drug-likeness (QED) is 0.185. The Balaban J connectivity index is 1.71. The van der Waals surface area contributed by atoms with Crippen LogP contribution in [0.4, 0.5) is 10.1 Å². The average molecular weight is 571 g/mol. The number of amides is 1. The van der Waals surface area contributed by atoms with Gasteiger partial charge in [-0.1, -0.05) is 66.7 Å². The fourth-order valence-corrected chi connectivity index (χ4v) is 5.25. The molecule has 212 valence electrons. The minimum atomic E-state index is -0.737. The van der Waals surface area contributed by atoms with Crippen molar-refractivity contribution in [1.82, 2.24) is 5.32 Å². The second-order valence-corrected chi connectivity index (χ2v) is 10.8. The first-order valence-electron chi connectivity index (χ1n) is 13.5. The molecule has 5 nitrogen and oxygen atoms in total. The number of esters is 1. The van der Waals surface area contributed by atoms with Crippen LogP contribution in [0.15, 0.2) is 97.1 Å². The zero-order valence-electron chi connectivity index (χ0n) is 23.6. The van der Waals surface area contributed by atoms with Gasteiger partial charge in [0.1, 0.15) is 11.9 Å². The molecule has 0 aliphatic rings. The highest BCUT2D eigenvalue weighted by Crippen LogP contribution is 2.30. The van der Waals surface area contributed by atoms with E-state index >= 15 is 0 Å². The number of hydrogen-bond acceptors (Lipinski definition) is 5. The van der Waals surface area contributed by atoms with Gasteiger partial charge in [-0.15, -0.1) is 0 Å². The van der Waals surface area contributed by atoms with Gasteiger partial charge in [0.2, 0.25) is 0 Å². The number of nitrogens with zero attached hydrogens (tertiary/aromatic N) is 1. The Kier molecular flexibility index (Phi) is 10.6. The highest BCUT2D eigenvalue weighted by Gasteiger charge is 2.24. The summed E-state index contributed by atoms with van der Waals surface area (Å²) >= 11 is 1.60. The molecule has 4 aromatic carbocycles. The summed E-state index contributed by atoms with van der Waals surface area (Å²) in [6.07, 6.45) is 2.43. The van der Waals surface area contributed by atoms with Crippen molar-refractivity contribution in [2.75, 3.05) is 24.0 Å². The molecule has 1 atom stereocenters. The Bertz CT molecular complexity index is 1480. The third-order valence-electron chi connectivity index (χ3n) is 6.98. The third-order valence-corrected chi connectivity index (χ3v) is 7.62. The number of aryl methyl sites for hydroxylation is 1. The van der Waals surface area contributed by atoms with Crippen LogP contribution in [0.5, 0.6) is 0 Å². The molecule has 41 heavy (non-hydrogen) atoms. The second kappa shape index (κ2) is 14.5. The number of thioether (sulfide) groups is 1. The number of hydrogen-bond donors (Lipinski definition) is 1. The highest BCUT2D eigenvalue weighted by atomic mass is 32.2. The smallest absolute Gasteiger partial charge is 0.328 e. The standard InChI is InChI=1S/C34H35FN2O3S/c1-24-11-7-9-15-28(24)30-21-25(17-18-29(30)33(38)36-32(19-20-41-3)34(39)40-2)22-37(27-13-5-4-6-14-27)23-26-12-8-10-16-31(26)35/h4-18,21,32H,19-20,22-23H2,1-3H3,(H,36,38). The van der Waals surface area contributed by atoms with Crippen LogP contribution in [-0.2, 0) is 22.6 Å². The molecule has 0 aromatic heterocycles. The van der Waals surface area contributed by atoms with Gasteiger partial charge < -0.3 is 15.0 Å². The molecule has 4 rings (SSSR count). The van der Waals surface area contributed by atoms with E-state index in [-0.39, 0.29) is 11.7 Å². The summed E-state index contributed by atoms with van der Waals surface area (Å²) in [4.78, 5) is 28.1. The van der Waals surface area contributed by atoms with Crippen LogP contribution < -0.4 is 10.2 Å². The summed E-state index contributed by atoms with van der Waals surface area (Å²) in [6, 6.07) is 29.6. The second-order valence-electron chi connectivity index (χ2n) is 9.81. The lowest BCUT2D eigenvalue weighted by atomic mass is 9.93. The van der Waals surface area contributed by atoms with Gasteiger partial charge in [0.05, 0.1) is 7.11 Å². The van der Waals surface area contributed by atoms with Crippen LogP contribution in [0.3, 0.4) is 0 Å². The van der Waals surface area contributed by atoms with Gasteiger partial charge in [0.25, 0.3) is 5.91 Å². The Morgan fingerprint density at radius 3 is 2.32 bits per heavy atom. The van der Waals surface area contributed by atoms with Gasteiger partial charge in [-0.2, -0.15) is 11.8 Å². The predicted molar refractivity (Wildman–Crippen MR) is 166 cm³/mol. The zero-order valence-corrected chi connectivity index (χ0v) is 24.4. The summed E-state index contributed by atoms with van der Waals surface area (Å²) < 4.78 is 19.6. The number of methoxy groups -OCH3 is 1. The van der Waals surface area contributed by atoms with E-state index in [0.29, 0.717) is 36.4 Å². The Morgan fingerprint density at radius 2 is 1.61 bits per heavy atom. The Morgan fingerprint density at radius 1 is 0.902 bits per heavy atom. The molecule has 0 spiro atoms. The molecular weight excluding hydrogens is 535 g/mol.